The van der Waals surface area contributed by atoms with Crippen LogP contribution in [0.2, 0.25) is 5.02 Å². The van der Waals surface area contributed by atoms with Gasteiger partial charge in [0, 0.05) is 22.6 Å². The van der Waals surface area contributed by atoms with Crippen molar-refractivity contribution in [2.24, 2.45) is 0 Å². The molecule has 0 spiro atoms. The Morgan fingerprint density at radius 1 is 1.32 bits per heavy atom. The molecule has 0 saturated heterocycles. The van der Waals surface area contributed by atoms with Gasteiger partial charge in [0.05, 0.1) is 17.8 Å². The van der Waals surface area contributed by atoms with Crippen molar-refractivity contribution < 1.29 is 9.84 Å². The van der Waals surface area contributed by atoms with Gasteiger partial charge in [-0.2, -0.15) is 0 Å². The number of halogens is 2. The van der Waals surface area contributed by atoms with Gasteiger partial charge in [-0.25, -0.2) is 0 Å². The molecule has 0 aromatic heterocycles. The second kappa shape index (κ2) is 6.17. The third kappa shape index (κ3) is 3.33. The summed E-state index contributed by atoms with van der Waals surface area (Å²) >= 11 is 9.33. The molecule has 0 fully saturated rings. The molecule has 100 valence electrons. The zero-order valence-electron chi connectivity index (χ0n) is 10.3. The van der Waals surface area contributed by atoms with Crippen molar-refractivity contribution in [1.29, 1.82) is 0 Å². The smallest absolute Gasteiger partial charge is 0.139 e. The fourth-order valence-corrected chi connectivity index (χ4v) is 2.24. The predicted octanol–water partition coefficient (Wildman–Crippen LogP) is 4.43. The molecule has 19 heavy (non-hydrogen) atoms. The average molecular weight is 343 g/mol. The Kier molecular flexibility index (Phi) is 4.56. The van der Waals surface area contributed by atoms with E-state index < -0.39 is 0 Å². The van der Waals surface area contributed by atoms with E-state index in [1.807, 2.05) is 24.3 Å². The molecule has 2 rings (SSSR count). The summed E-state index contributed by atoms with van der Waals surface area (Å²) in [5.41, 5.74) is 1.63. The van der Waals surface area contributed by atoms with Crippen LogP contribution in [-0.2, 0) is 6.54 Å². The molecule has 0 amide bonds. The van der Waals surface area contributed by atoms with Gasteiger partial charge in [-0.1, -0.05) is 23.7 Å². The topological polar surface area (TPSA) is 41.5 Å². The number of nitrogens with one attached hydrogen (secondary N) is 1. The molecule has 0 heterocycles. The number of phenols is 1. The summed E-state index contributed by atoms with van der Waals surface area (Å²) in [4.78, 5) is 0. The molecular weight excluding hydrogens is 330 g/mol. The number of hydrogen-bond acceptors (Lipinski definition) is 3. The maximum atomic E-state index is 9.84. The second-order valence-electron chi connectivity index (χ2n) is 3.95. The fraction of sp³-hybridized carbons (Fsp3) is 0.143. The van der Waals surface area contributed by atoms with Gasteiger partial charge in [0.2, 0.25) is 0 Å². The van der Waals surface area contributed by atoms with E-state index in [9.17, 15) is 5.11 Å². The summed E-state index contributed by atoms with van der Waals surface area (Å²) in [7, 11) is 1.62. The Labute approximate surface area is 125 Å². The quantitative estimate of drug-likeness (QED) is 0.863. The summed E-state index contributed by atoms with van der Waals surface area (Å²) in [6.07, 6.45) is 0. The van der Waals surface area contributed by atoms with Crippen LogP contribution in [0, 0.1) is 0 Å². The Bertz CT molecular complexity index is 590. The van der Waals surface area contributed by atoms with Crippen LogP contribution in [0.4, 0.5) is 5.69 Å². The first kappa shape index (κ1) is 14.0. The third-order valence-electron chi connectivity index (χ3n) is 2.71. The number of methoxy groups -OCH3 is 1. The van der Waals surface area contributed by atoms with Crippen LogP contribution in [0.1, 0.15) is 5.56 Å². The molecule has 2 aromatic rings. The Hall–Kier alpha value is -1.39. The first-order valence-electron chi connectivity index (χ1n) is 5.65. The highest BCUT2D eigenvalue weighted by atomic mass is 79.9. The number of hydrogen-bond donors (Lipinski definition) is 2. The number of ether oxygens (including phenoxy) is 1. The van der Waals surface area contributed by atoms with Crippen LogP contribution in [0.3, 0.4) is 0 Å². The minimum atomic E-state index is 0.107. The zero-order valence-corrected chi connectivity index (χ0v) is 12.6. The van der Waals surface area contributed by atoms with E-state index in [4.69, 9.17) is 16.3 Å². The van der Waals surface area contributed by atoms with Gasteiger partial charge in [0.1, 0.15) is 11.5 Å². The normalized spacial score (nSPS) is 10.3. The van der Waals surface area contributed by atoms with E-state index in [1.165, 1.54) is 0 Å². The van der Waals surface area contributed by atoms with Crippen molar-refractivity contribution in [2.45, 2.75) is 6.54 Å². The third-order valence-corrected chi connectivity index (χ3v) is 3.71. The van der Waals surface area contributed by atoms with Crippen LogP contribution in [-0.4, -0.2) is 12.2 Å². The van der Waals surface area contributed by atoms with Gasteiger partial charge < -0.3 is 15.2 Å². The molecule has 0 aliphatic carbocycles. The van der Waals surface area contributed by atoms with Gasteiger partial charge in [-0.15, -0.1) is 0 Å². The summed E-state index contributed by atoms with van der Waals surface area (Å²) < 4.78 is 6.10. The van der Waals surface area contributed by atoms with Gasteiger partial charge >= 0.3 is 0 Å². The lowest BCUT2D eigenvalue weighted by atomic mass is 10.2. The molecule has 0 radical (unpaired) electrons. The molecule has 0 aliphatic heterocycles. The molecule has 0 bridgehead atoms. The molecule has 2 aromatic carbocycles. The first-order chi connectivity index (χ1) is 9.11. The van der Waals surface area contributed by atoms with Gasteiger partial charge in [-0.05, 0) is 34.1 Å². The van der Waals surface area contributed by atoms with Crippen molar-refractivity contribution in [3.63, 3.8) is 0 Å². The lowest BCUT2D eigenvalue weighted by molar-refractivity contribution is 0.415. The van der Waals surface area contributed by atoms with E-state index in [0.717, 1.165) is 21.5 Å². The number of aromatic hydroxyl groups is 1. The highest BCUT2D eigenvalue weighted by Gasteiger charge is 2.06. The van der Waals surface area contributed by atoms with Gasteiger partial charge in [-0.3, -0.25) is 0 Å². The highest BCUT2D eigenvalue weighted by Crippen LogP contribution is 2.30. The Morgan fingerprint density at radius 3 is 2.84 bits per heavy atom. The molecule has 0 aliphatic rings. The molecular formula is C14H13BrClNO2. The van der Waals surface area contributed by atoms with E-state index in [1.54, 1.807) is 19.2 Å². The van der Waals surface area contributed by atoms with Crippen LogP contribution in [0.5, 0.6) is 11.5 Å². The largest absolute Gasteiger partial charge is 0.506 e. The molecule has 0 saturated carbocycles. The Morgan fingerprint density at radius 2 is 2.11 bits per heavy atom. The summed E-state index contributed by atoms with van der Waals surface area (Å²) in [6, 6.07) is 10.9. The van der Waals surface area contributed by atoms with E-state index in [-0.39, 0.29) is 5.75 Å². The zero-order chi connectivity index (χ0) is 13.8. The lowest BCUT2D eigenvalue weighted by Crippen LogP contribution is -2.01. The molecule has 2 N–H and O–H groups in total. The van der Waals surface area contributed by atoms with E-state index >= 15 is 0 Å². The van der Waals surface area contributed by atoms with Crippen LogP contribution >= 0.6 is 27.5 Å². The summed E-state index contributed by atoms with van der Waals surface area (Å²) in [5, 5.41) is 13.4. The van der Waals surface area contributed by atoms with Crippen LogP contribution in [0.15, 0.2) is 40.9 Å². The van der Waals surface area contributed by atoms with Crippen molar-refractivity contribution in [1.82, 2.24) is 0 Å². The fourth-order valence-electron chi connectivity index (χ4n) is 1.66. The Balaban J connectivity index is 2.16. The molecule has 5 heteroatoms. The monoisotopic (exact) mass is 341 g/mol. The maximum Gasteiger partial charge on any atom is 0.139 e. The number of benzene rings is 2. The molecule has 0 unspecified atom stereocenters. The molecule has 0 atom stereocenters. The number of phenolic OH excluding ortho intramolecular Hbond substituents is 1. The lowest BCUT2D eigenvalue weighted by Gasteiger charge is -2.11. The van der Waals surface area contributed by atoms with Crippen molar-refractivity contribution >= 4 is 33.2 Å². The predicted molar refractivity (Wildman–Crippen MR) is 81.1 cm³/mol. The highest BCUT2D eigenvalue weighted by molar-refractivity contribution is 9.10. The SMILES string of the molecule is COc1ccc(Br)c(NCc2cccc(Cl)c2O)c1. The summed E-state index contributed by atoms with van der Waals surface area (Å²) in [5.74, 6) is 0.872. The number of para-hydroxylation sites is 1. The molecule has 3 nitrogen and oxygen atoms in total. The van der Waals surface area contributed by atoms with E-state index in [0.29, 0.717) is 11.6 Å². The first-order valence-corrected chi connectivity index (χ1v) is 6.82. The maximum absolute atomic E-state index is 9.84. The summed E-state index contributed by atoms with van der Waals surface area (Å²) in [6.45, 7) is 0.470. The second-order valence-corrected chi connectivity index (χ2v) is 5.21. The van der Waals surface area contributed by atoms with Crippen LogP contribution in [0.25, 0.3) is 0 Å². The van der Waals surface area contributed by atoms with Crippen LogP contribution < -0.4 is 10.1 Å². The van der Waals surface area contributed by atoms with Gasteiger partial charge in [0.25, 0.3) is 0 Å². The average Bonchev–Trinajstić information content (AvgIpc) is 2.42. The van der Waals surface area contributed by atoms with Crippen molar-refractivity contribution in [3.8, 4) is 11.5 Å². The van der Waals surface area contributed by atoms with Crippen molar-refractivity contribution in [3.05, 3.63) is 51.5 Å². The number of anilines is 1. The van der Waals surface area contributed by atoms with E-state index in [2.05, 4.69) is 21.2 Å². The van der Waals surface area contributed by atoms with Crippen molar-refractivity contribution in [2.75, 3.05) is 12.4 Å². The standard InChI is InChI=1S/C14H13BrClNO2/c1-19-10-5-6-11(15)13(7-10)17-8-9-3-2-4-12(16)14(9)18/h2-7,17-18H,8H2,1H3. The van der Waals surface area contributed by atoms with Gasteiger partial charge in [0.15, 0.2) is 0 Å². The number of rotatable bonds is 4. The minimum Gasteiger partial charge on any atom is -0.506 e. The minimum absolute atomic E-state index is 0.107.